The first-order valence-corrected chi connectivity index (χ1v) is 22.3. The summed E-state index contributed by atoms with van der Waals surface area (Å²) in [5.74, 6) is -3.44. The number of allylic oxidation sites excluding steroid dienone is 20. The van der Waals surface area contributed by atoms with E-state index in [-0.39, 0.29) is 81.2 Å². The van der Waals surface area contributed by atoms with Crippen LogP contribution in [-0.4, -0.2) is 71.4 Å². The number of Topliss-reactive ketones (excluding diaryl/α,β-unsaturated/α-hetero) is 4. The van der Waals surface area contributed by atoms with Crippen molar-refractivity contribution in [2.75, 3.05) is 6.61 Å². The van der Waals surface area contributed by atoms with E-state index in [4.69, 9.17) is 14.6 Å². The van der Waals surface area contributed by atoms with E-state index in [1.807, 2.05) is 140 Å². The molecule has 0 amide bonds. The molecule has 0 radical (unpaired) electrons. The smallest absolute Gasteiger partial charge is 0.306 e. The van der Waals surface area contributed by atoms with Gasteiger partial charge in [0.05, 0.1) is 25.9 Å². The van der Waals surface area contributed by atoms with Gasteiger partial charge in [0.15, 0.2) is 23.8 Å². The molecule has 0 aliphatic heterocycles. The van der Waals surface area contributed by atoms with Gasteiger partial charge in [0, 0.05) is 38.5 Å². The molecule has 12 heteroatoms. The number of esters is 2. The highest BCUT2D eigenvalue weighted by Crippen LogP contribution is 2.42. The summed E-state index contributed by atoms with van der Waals surface area (Å²) in [6.45, 7) is 19.6. The standard InChI is InChI=1S/C54H68O12/c1-36(17-13-19-38(3)21-26-44-40(5)51(62)46(33-53(44,7)8)65-49(60)29-24-42(56)23-28-48(58)59)15-11-12-16-37(2)18-14-20-39(4)22-27-45-41(6)52(63)47(34-54(45,9)10)66-50(61)30-25-43(57)31-32-64-35-55/h11-22,26-27,35,46-47H,23-25,28-34H2,1-10H3,(H,58,59)/b12-11+,17-13+,18-14+,26-21+,27-22+,36-15+,37-16+,38-19+,39-20-. The molecule has 0 saturated carbocycles. The van der Waals surface area contributed by atoms with Crippen molar-refractivity contribution in [1.29, 1.82) is 0 Å². The summed E-state index contributed by atoms with van der Waals surface area (Å²) in [7, 11) is 0. The minimum Gasteiger partial charge on any atom is -0.481 e. The number of ketones is 4. The molecule has 356 valence electrons. The second kappa shape index (κ2) is 27.2. The Labute approximate surface area is 390 Å². The highest BCUT2D eigenvalue weighted by molar-refractivity contribution is 6.02. The van der Waals surface area contributed by atoms with Crippen LogP contribution in [0.4, 0.5) is 0 Å². The first-order valence-electron chi connectivity index (χ1n) is 22.3. The van der Waals surface area contributed by atoms with E-state index in [1.165, 1.54) is 0 Å². The maximum Gasteiger partial charge on any atom is 0.306 e. The second-order valence-electron chi connectivity index (χ2n) is 18.0. The van der Waals surface area contributed by atoms with Crippen LogP contribution in [0.3, 0.4) is 0 Å². The molecule has 0 aromatic heterocycles. The second-order valence-corrected chi connectivity index (χ2v) is 18.0. The van der Waals surface area contributed by atoms with Crippen molar-refractivity contribution in [3.05, 3.63) is 130 Å². The van der Waals surface area contributed by atoms with Crippen molar-refractivity contribution in [3.63, 3.8) is 0 Å². The van der Waals surface area contributed by atoms with Crippen LogP contribution in [0.25, 0.3) is 0 Å². The Morgan fingerprint density at radius 3 is 1.32 bits per heavy atom. The minimum atomic E-state index is -1.08. The Bertz CT molecular complexity index is 2200. The highest BCUT2D eigenvalue weighted by atomic mass is 16.6. The van der Waals surface area contributed by atoms with Gasteiger partial charge in [-0.3, -0.25) is 38.4 Å². The van der Waals surface area contributed by atoms with Gasteiger partial charge in [-0.25, -0.2) is 0 Å². The number of carbonyl (C=O) groups is 8. The molecule has 1 N–H and O–H groups in total. The van der Waals surface area contributed by atoms with Crippen LogP contribution < -0.4 is 0 Å². The zero-order valence-corrected chi connectivity index (χ0v) is 40.3. The van der Waals surface area contributed by atoms with E-state index >= 15 is 0 Å². The average molecular weight is 909 g/mol. The fourth-order valence-corrected chi connectivity index (χ4v) is 7.39. The van der Waals surface area contributed by atoms with Gasteiger partial charge in [-0.2, -0.15) is 0 Å². The number of aliphatic carboxylic acids is 1. The molecular weight excluding hydrogens is 841 g/mol. The van der Waals surface area contributed by atoms with Gasteiger partial charge in [0.2, 0.25) is 0 Å². The van der Waals surface area contributed by atoms with Crippen molar-refractivity contribution in [2.24, 2.45) is 10.8 Å². The Hall–Kier alpha value is -6.30. The predicted molar refractivity (Wildman–Crippen MR) is 255 cm³/mol. The summed E-state index contributed by atoms with van der Waals surface area (Å²) < 4.78 is 15.5. The largest absolute Gasteiger partial charge is 0.481 e. The van der Waals surface area contributed by atoms with Crippen molar-refractivity contribution in [3.8, 4) is 0 Å². The monoisotopic (exact) mass is 908 g/mol. The Kier molecular flexibility index (Phi) is 23.0. The maximum atomic E-state index is 13.2. The Morgan fingerprint density at radius 1 is 0.561 bits per heavy atom. The minimum absolute atomic E-state index is 0.0210. The van der Waals surface area contributed by atoms with Gasteiger partial charge in [0.25, 0.3) is 6.47 Å². The van der Waals surface area contributed by atoms with Gasteiger partial charge >= 0.3 is 17.9 Å². The molecule has 66 heavy (non-hydrogen) atoms. The SMILES string of the molecule is CC1=C(/C=C/C(C)=C\C=C\C(C)=C\C=C\C=C(C)\C=C\C=C(C)\C=C\C2=C(C)C(=O)C(OC(=O)CCC(=O)CCC(=O)O)CC2(C)C)C(C)(C)CC(OC(=O)CCC(=O)CCOC=O)C1=O. The van der Waals surface area contributed by atoms with Crippen molar-refractivity contribution in [2.45, 2.75) is 139 Å². The lowest BCUT2D eigenvalue weighted by atomic mass is 9.71. The third kappa shape index (κ3) is 19.8. The molecule has 2 rings (SSSR count). The number of carboxylic acids is 1. The molecule has 0 heterocycles. The lowest BCUT2D eigenvalue weighted by Crippen LogP contribution is -2.39. The Balaban J connectivity index is 1.94. The third-order valence-electron chi connectivity index (χ3n) is 11.2. The molecule has 0 saturated heterocycles. The normalized spacial score (nSPS) is 19.8. The molecule has 12 nitrogen and oxygen atoms in total. The van der Waals surface area contributed by atoms with Crippen molar-refractivity contribution >= 4 is 47.5 Å². The van der Waals surface area contributed by atoms with Gasteiger partial charge in [0.1, 0.15) is 11.6 Å². The molecule has 0 spiro atoms. The fraction of sp³-hybridized carbons (Fsp3) is 0.444. The number of carbonyl (C=O) groups excluding carboxylic acids is 7. The van der Waals surface area contributed by atoms with E-state index in [0.29, 0.717) is 24.0 Å². The van der Waals surface area contributed by atoms with E-state index < -0.39 is 40.9 Å². The first kappa shape index (κ1) is 55.8. The van der Waals surface area contributed by atoms with E-state index in [2.05, 4.69) is 4.74 Å². The Morgan fingerprint density at radius 2 is 0.924 bits per heavy atom. The lowest BCUT2D eigenvalue weighted by molar-refractivity contribution is -0.156. The fourth-order valence-electron chi connectivity index (χ4n) is 7.39. The molecule has 0 aromatic rings. The van der Waals surface area contributed by atoms with Crippen LogP contribution >= 0.6 is 0 Å². The number of hydrogen-bond donors (Lipinski definition) is 1. The quantitative estimate of drug-likeness (QED) is 0.0301. The summed E-state index contributed by atoms with van der Waals surface area (Å²) in [5, 5.41) is 8.73. The number of ether oxygens (including phenoxy) is 3. The maximum absolute atomic E-state index is 13.2. The van der Waals surface area contributed by atoms with Crippen LogP contribution in [0, 0.1) is 10.8 Å². The molecular formula is C54H68O12. The van der Waals surface area contributed by atoms with E-state index in [9.17, 15) is 38.4 Å². The third-order valence-corrected chi connectivity index (χ3v) is 11.2. The zero-order valence-electron chi connectivity index (χ0n) is 40.3. The van der Waals surface area contributed by atoms with Crippen LogP contribution in [0.2, 0.25) is 0 Å². The average Bonchev–Trinajstić information content (AvgIpc) is 3.23. The summed E-state index contributed by atoms with van der Waals surface area (Å²) in [6, 6.07) is 0. The molecule has 0 aromatic carbocycles. The van der Waals surface area contributed by atoms with E-state index in [1.54, 1.807) is 13.8 Å². The van der Waals surface area contributed by atoms with Gasteiger partial charge < -0.3 is 19.3 Å². The van der Waals surface area contributed by atoms with Gasteiger partial charge in [-0.1, -0.05) is 135 Å². The summed E-state index contributed by atoms with van der Waals surface area (Å²) in [5.41, 5.74) is 5.93. The van der Waals surface area contributed by atoms with Crippen LogP contribution in [0.15, 0.2) is 130 Å². The molecule has 2 atom stereocenters. The highest BCUT2D eigenvalue weighted by Gasteiger charge is 2.41. The summed E-state index contributed by atoms with van der Waals surface area (Å²) >= 11 is 0. The molecule has 2 aliphatic carbocycles. The summed E-state index contributed by atoms with van der Waals surface area (Å²) in [4.78, 5) is 95.9. The van der Waals surface area contributed by atoms with Gasteiger partial charge in [-0.05, 0) is 74.7 Å². The van der Waals surface area contributed by atoms with Crippen molar-refractivity contribution < 1.29 is 57.7 Å². The van der Waals surface area contributed by atoms with Gasteiger partial charge in [-0.15, -0.1) is 0 Å². The summed E-state index contributed by atoms with van der Waals surface area (Å²) in [6.07, 6.45) is 25.4. The molecule has 0 bridgehead atoms. The van der Waals surface area contributed by atoms with Crippen LogP contribution in [0.1, 0.15) is 127 Å². The first-order chi connectivity index (χ1) is 31.0. The molecule has 0 fully saturated rings. The number of carboxylic acid groups (broad SMARTS) is 1. The van der Waals surface area contributed by atoms with Crippen LogP contribution in [0.5, 0.6) is 0 Å². The molecule has 2 unspecified atom stereocenters. The van der Waals surface area contributed by atoms with Crippen LogP contribution in [-0.2, 0) is 52.6 Å². The molecule has 2 aliphatic rings. The topological polar surface area (TPSA) is 184 Å². The van der Waals surface area contributed by atoms with Crippen molar-refractivity contribution in [1.82, 2.24) is 0 Å². The predicted octanol–water partition coefficient (Wildman–Crippen LogP) is 10.1. The zero-order chi connectivity index (χ0) is 49.6. The van der Waals surface area contributed by atoms with E-state index in [0.717, 1.165) is 33.4 Å². The number of hydrogen-bond acceptors (Lipinski definition) is 11. The lowest BCUT2D eigenvalue weighted by Gasteiger charge is -2.36. The number of rotatable bonds is 25.